The van der Waals surface area contributed by atoms with E-state index in [0.717, 1.165) is 17.7 Å². The molecule has 1 fully saturated rings. The van der Waals surface area contributed by atoms with E-state index in [4.69, 9.17) is 19.3 Å². The van der Waals surface area contributed by atoms with E-state index in [1.807, 2.05) is 62.4 Å². The molecule has 2 N–H and O–H groups in total. The summed E-state index contributed by atoms with van der Waals surface area (Å²) in [7, 11) is 0. The van der Waals surface area contributed by atoms with Crippen LogP contribution in [0.15, 0.2) is 65.0 Å². The van der Waals surface area contributed by atoms with Gasteiger partial charge in [-0.2, -0.15) is 4.98 Å². The summed E-state index contributed by atoms with van der Waals surface area (Å²) in [5.41, 5.74) is 2.58. The van der Waals surface area contributed by atoms with Crippen LogP contribution < -0.4 is 20.1 Å². The number of ether oxygens (including phenoxy) is 3. The second-order valence-corrected chi connectivity index (χ2v) is 10.9. The van der Waals surface area contributed by atoms with Gasteiger partial charge in [-0.3, -0.25) is 9.59 Å². The molecular formula is C30H36N6O5S. The Morgan fingerprint density at radius 2 is 1.86 bits per heavy atom. The van der Waals surface area contributed by atoms with E-state index in [1.165, 1.54) is 0 Å². The maximum absolute atomic E-state index is 13.9. The van der Waals surface area contributed by atoms with Crippen molar-refractivity contribution in [1.29, 1.82) is 0 Å². The molecule has 1 unspecified atom stereocenters. The van der Waals surface area contributed by atoms with Gasteiger partial charge in [-0.05, 0) is 50.1 Å². The molecule has 0 bridgehead atoms. The lowest BCUT2D eigenvalue weighted by Gasteiger charge is -2.29. The molecule has 2 amide bonds. The minimum Gasteiger partial charge on any atom is -0.492 e. The van der Waals surface area contributed by atoms with Crippen molar-refractivity contribution >= 4 is 35.2 Å². The first kappa shape index (κ1) is 29.5. The third-order valence-corrected chi connectivity index (χ3v) is 7.91. The largest absolute Gasteiger partial charge is 0.492 e. The van der Waals surface area contributed by atoms with Gasteiger partial charge in [0, 0.05) is 24.5 Å². The Kier molecular flexibility index (Phi) is 9.65. The summed E-state index contributed by atoms with van der Waals surface area (Å²) in [6, 6.07) is 14.2. The molecule has 11 nitrogen and oxygen atoms in total. The van der Waals surface area contributed by atoms with Crippen molar-refractivity contribution in [3.63, 3.8) is 0 Å². The first-order valence-corrected chi connectivity index (χ1v) is 15.2. The summed E-state index contributed by atoms with van der Waals surface area (Å²) in [5, 5.41) is 11.7. The predicted molar refractivity (Wildman–Crippen MR) is 161 cm³/mol. The molecular weight excluding hydrogens is 556 g/mol. The maximum atomic E-state index is 13.9. The number of amides is 2. The number of morpholine rings is 1. The fraction of sp³-hybridized carbons (Fsp3) is 0.400. The lowest BCUT2D eigenvalue weighted by atomic mass is 9.95. The topological polar surface area (TPSA) is 120 Å². The number of carbonyl (C=O) groups is 2. The molecule has 1 atom stereocenters. The zero-order valence-corrected chi connectivity index (χ0v) is 24.9. The van der Waals surface area contributed by atoms with Crippen LogP contribution in [0.25, 0.3) is 0 Å². The summed E-state index contributed by atoms with van der Waals surface area (Å²) in [6.07, 6.45) is 0.991. The van der Waals surface area contributed by atoms with Gasteiger partial charge in [0.1, 0.15) is 17.5 Å². The van der Waals surface area contributed by atoms with E-state index >= 15 is 0 Å². The van der Waals surface area contributed by atoms with Crippen LogP contribution in [0.5, 0.6) is 11.5 Å². The first-order valence-electron chi connectivity index (χ1n) is 14.2. The molecule has 3 aromatic rings. The molecule has 2 aromatic carbocycles. The third kappa shape index (κ3) is 6.71. The van der Waals surface area contributed by atoms with Gasteiger partial charge in [0.2, 0.25) is 11.1 Å². The van der Waals surface area contributed by atoms with Crippen LogP contribution in [0, 0.1) is 0 Å². The van der Waals surface area contributed by atoms with Crippen molar-refractivity contribution in [3.05, 3.63) is 65.4 Å². The smallest absolute Gasteiger partial charge is 0.260 e. The van der Waals surface area contributed by atoms with Gasteiger partial charge < -0.3 is 29.7 Å². The first-order chi connectivity index (χ1) is 20.5. The summed E-state index contributed by atoms with van der Waals surface area (Å²) in [6.45, 7) is 8.52. The Labute approximate surface area is 249 Å². The average molecular weight is 593 g/mol. The van der Waals surface area contributed by atoms with Gasteiger partial charge >= 0.3 is 0 Å². The van der Waals surface area contributed by atoms with Crippen molar-refractivity contribution in [2.24, 2.45) is 0 Å². The molecule has 1 saturated heterocycles. The van der Waals surface area contributed by atoms with Crippen molar-refractivity contribution in [2.45, 2.75) is 38.4 Å². The molecule has 2 aliphatic heterocycles. The van der Waals surface area contributed by atoms with Gasteiger partial charge in [0.05, 0.1) is 31.1 Å². The molecule has 222 valence electrons. The number of anilines is 2. The van der Waals surface area contributed by atoms with Crippen molar-refractivity contribution < 1.29 is 23.8 Å². The minimum absolute atomic E-state index is 0.0517. The van der Waals surface area contributed by atoms with Gasteiger partial charge in [-0.15, -0.1) is 5.10 Å². The fourth-order valence-electron chi connectivity index (χ4n) is 4.82. The SMILES string of the molecule is CCCSc1nc2n(n1)C(c1ccc(OCC(=O)N3CCOCC3)cc1)C(C(=O)Nc1ccccc1OCC)=C(C)N2. The molecule has 3 heterocycles. The molecule has 0 radical (unpaired) electrons. The molecule has 2 aliphatic rings. The zero-order chi connectivity index (χ0) is 29.5. The van der Waals surface area contributed by atoms with Crippen LogP contribution in [-0.2, 0) is 14.3 Å². The monoisotopic (exact) mass is 592 g/mol. The second-order valence-electron chi connectivity index (χ2n) is 9.81. The standard InChI is InChI=1S/C30H36N6O5S/c1-4-18-42-30-33-29-31-20(3)26(28(38)32-23-8-6-7-9-24(23)40-5-2)27(36(29)34-30)21-10-12-22(13-11-21)41-19-25(37)35-14-16-39-17-15-35/h6-13,27H,4-5,14-19H2,1-3H3,(H,32,38)(H,31,33,34). The number of nitrogens with zero attached hydrogens (tertiary/aromatic N) is 4. The van der Waals surface area contributed by atoms with Gasteiger partial charge in [0.25, 0.3) is 11.8 Å². The molecule has 5 rings (SSSR count). The maximum Gasteiger partial charge on any atom is 0.260 e. The predicted octanol–water partition coefficient (Wildman–Crippen LogP) is 4.34. The zero-order valence-electron chi connectivity index (χ0n) is 24.1. The van der Waals surface area contributed by atoms with Crippen LogP contribution in [0.4, 0.5) is 11.6 Å². The van der Waals surface area contributed by atoms with E-state index in [0.29, 0.717) is 72.5 Å². The van der Waals surface area contributed by atoms with Crippen LogP contribution in [-0.4, -0.2) is 76.7 Å². The molecule has 0 aliphatic carbocycles. The van der Waals surface area contributed by atoms with Crippen molar-refractivity contribution in [3.8, 4) is 11.5 Å². The van der Waals surface area contributed by atoms with E-state index in [1.54, 1.807) is 21.3 Å². The number of nitrogens with one attached hydrogen (secondary N) is 2. The average Bonchev–Trinajstić information content (AvgIpc) is 3.42. The Morgan fingerprint density at radius 1 is 1.10 bits per heavy atom. The van der Waals surface area contributed by atoms with Gasteiger partial charge in [-0.1, -0.05) is 43.0 Å². The summed E-state index contributed by atoms with van der Waals surface area (Å²) in [5.74, 6) is 2.26. The quantitative estimate of drug-likeness (QED) is 0.313. The second kappa shape index (κ2) is 13.8. The number of fused-ring (bicyclic) bond motifs is 1. The number of hydrogen-bond donors (Lipinski definition) is 2. The Balaban J connectivity index is 1.41. The number of carbonyl (C=O) groups excluding carboxylic acids is 2. The van der Waals surface area contributed by atoms with E-state index in [-0.39, 0.29) is 18.4 Å². The highest BCUT2D eigenvalue weighted by Gasteiger charge is 2.34. The number of hydrogen-bond acceptors (Lipinski definition) is 9. The lowest BCUT2D eigenvalue weighted by molar-refractivity contribution is -0.137. The lowest BCUT2D eigenvalue weighted by Crippen LogP contribution is -2.42. The van der Waals surface area contributed by atoms with E-state index < -0.39 is 6.04 Å². The minimum atomic E-state index is -0.548. The molecule has 0 saturated carbocycles. The highest BCUT2D eigenvalue weighted by atomic mass is 32.2. The number of rotatable bonds is 11. The van der Waals surface area contributed by atoms with Crippen LogP contribution in [0.1, 0.15) is 38.8 Å². The fourth-order valence-corrected chi connectivity index (χ4v) is 5.51. The van der Waals surface area contributed by atoms with E-state index in [2.05, 4.69) is 22.5 Å². The Morgan fingerprint density at radius 3 is 2.60 bits per heavy atom. The summed E-state index contributed by atoms with van der Waals surface area (Å²) < 4.78 is 18.6. The molecule has 42 heavy (non-hydrogen) atoms. The highest BCUT2D eigenvalue weighted by molar-refractivity contribution is 7.99. The number of benzene rings is 2. The number of allylic oxidation sites excluding steroid dienone is 1. The highest BCUT2D eigenvalue weighted by Crippen LogP contribution is 2.38. The van der Waals surface area contributed by atoms with Crippen LogP contribution in [0.2, 0.25) is 0 Å². The Bertz CT molecular complexity index is 1430. The van der Waals surface area contributed by atoms with Crippen molar-refractivity contribution in [1.82, 2.24) is 19.7 Å². The van der Waals surface area contributed by atoms with E-state index in [9.17, 15) is 9.59 Å². The number of aromatic nitrogens is 3. The molecule has 1 aromatic heterocycles. The molecule has 0 spiro atoms. The third-order valence-electron chi connectivity index (χ3n) is 6.87. The molecule has 12 heteroatoms. The van der Waals surface area contributed by atoms with Gasteiger partial charge in [0.15, 0.2) is 6.61 Å². The summed E-state index contributed by atoms with van der Waals surface area (Å²) in [4.78, 5) is 32.9. The van der Waals surface area contributed by atoms with Crippen LogP contribution >= 0.6 is 11.8 Å². The van der Waals surface area contributed by atoms with Crippen LogP contribution in [0.3, 0.4) is 0 Å². The van der Waals surface area contributed by atoms with Crippen molar-refractivity contribution in [2.75, 3.05) is 55.9 Å². The number of para-hydroxylation sites is 2. The summed E-state index contributed by atoms with van der Waals surface area (Å²) >= 11 is 1.57. The van der Waals surface area contributed by atoms with Gasteiger partial charge in [-0.25, -0.2) is 4.68 Å². The number of thioether (sulfide) groups is 1. The Hall–Kier alpha value is -4.03. The normalized spacial score (nSPS) is 16.5.